The molecule has 2 rings (SSSR count). The van der Waals surface area contributed by atoms with E-state index >= 15 is 0 Å². The first-order valence-corrected chi connectivity index (χ1v) is 7.40. The smallest absolute Gasteiger partial charge is 0.158 e. The van der Waals surface area contributed by atoms with E-state index in [0.29, 0.717) is 11.2 Å². The Morgan fingerprint density at radius 3 is 2.63 bits per heavy atom. The van der Waals surface area contributed by atoms with Gasteiger partial charge in [0.15, 0.2) is 5.15 Å². The van der Waals surface area contributed by atoms with E-state index in [1.165, 1.54) is 0 Å². The monoisotopic (exact) mass is 279 g/mol. The van der Waals surface area contributed by atoms with Crippen molar-refractivity contribution in [3.63, 3.8) is 0 Å². The minimum Gasteiger partial charge on any atom is -0.301 e. The van der Waals surface area contributed by atoms with Crippen LogP contribution in [-0.2, 0) is 6.54 Å². The molecule has 104 valence electrons. The molecular weight excluding hydrogens is 258 g/mol. The number of benzene rings is 1. The molecule has 0 radical (unpaired) electrons. The molecule has 2 aromatic rings. The number of halogens is 1. The van der Waals surface area contributed by atoms with Gasteiger partial charge in [-0.1, -0.05) is 37.6 Å². The average molecular weight is 280 g/mol. The van der Waals surface area contributed by atoms with Crippen LogP contribution in [0.3, 0.4) is 0 Å². The highest BCUT2D eigenvalue weighted by atomic mass is 35.5. The van der Waals surface area contributed by atoms with Crippen molar-refractivity contribution in [1.29, 1.82) is 0 Å². The Labute approximate surface area is 120 Å². The van der Waals surface area contributed by atoms with Gasteiger partial charge in [-0.25, -0.2) is 0 Å². The maximum Gasteiger partial charge on any atom is 0.158 e. The minimum absolute atomic E-state index is 0.566. The van der Waals surface area contributed by atoms with Gasteiger partial charge in [-0.05, 0) is 38.6 Å². The summed E-state index contributed by atoms with van der Waals surface area (Å²) < 4.78 is 2.03. The Bertz CT molecular complexity index is 531. The predicted molar refractivity (Wildman–Crippen MR) is 81.7 cm³/mol. The summed E-state index contributed by atoms with van der Waals surface area (Å²) in [5.41, 5.74) is 1.12. The van der Waals surface area contributed by atoms with Crippen LogP contribution in [0.4, 0.5) is 0 Å². The second-order valence-electron chi connectivity index (χ2n) is 4.89. The lowest BCUT2D eigenvalue weighted by Crippen LogP contribution is -2.33. The van der Waals surface area contributed by atoms with Gasteiger partial charge < -0.3 is 4.90 Å². The predicted octanol–water partition coefficient (Wildman–Crippen LogP) is 3.81. The molecule has 3 nitrogen and oxygen atoms in total. The molecular formula is C15H22ClN3. The first kappa shape index (κ1) is 14.4. The van der Waals surface area contributed by atoms with E-state index in [0.717, 1.165) is 37.0 Å². The molecule has 19 heavy (non-hydrogen) atoms. The van der Waals surface area contributed by atoms with Gasteiger partial charge in [-0.3, -0.25) is 4.68 Å². The first-order valence-electron chi connectivity index (χ1n) is 7.02. The highest BCUT2D eigenvalue weighted by Gasteiger charge is 2.12. The summed E-state index contributed by atoms with van der Waals surface area (Å²) in [5.74, 6) is 0. The van der Waals surface area contributed by atoms with Crippen LogP contribution >= 0.6 is 11.6 Å². The van der Waals surface area contributed by atoms with Crippen molar-refractivity contribution in [2.45, 2.75) is 39.8 Å². The SMILES string of the molecule is CCN(CC)C(C)CCn1nc(Cl)c2ccccc21. The quantitative estimate of drug-likeness (QED) is 0.802. The second-order valence-corrected chi connectivity index (χ2v) is 5.25. The van der Waals surface area contributed by atoms with Crippen molar-refractivity contribution in [2.75, 3.05) is 13.1 Å². The van der Waals surface area contributed by atoms with E-state index in [1.54, 1.807) is 0 Å². The van der Waals surface area contributed by atoms with Crippen molar-refractivity contribution < 1.29 is 0 Å². The fraction of sp³-hybridized carbons (Fsp3) is 0.533. The molecule has 1 heterocycles. The summed E-state index contributed by atoms with van der Waals surface area (Å²) in [6, 6.07) is 8.70. The van der Waals surface area contributed by atoms with E-state index in [1.807, 2.05) is 22.9 Å². The number of aryl methyl sites for hydroxylation is 1. The minimum atomic E-state index is 0.566. The fourth-order valence-electron chi connectivity index (χ4n) is 2.60. The van der Waals surface area contributed by atoms with Gasteiger partial charge in [0.2, 0.25) is 0 Å². The van der Waals surface area contributed by atoms with E-state index in [9.17, 15) is 0 Å². The van der Waals surface area contributed by atoms with Crippen molar-refractivity contribution in [2.24, 2.45) is 0 Å². The third-order valence-electron chi connectivity index (χ3n) is 3.81. The van der Waals surface area contributed by atoms with Gasteiger partial charge >= 0.3 is 0 Å². The topological polar surface area (TPSA) is 21.1 Å². The summed E-state index contributed by atoms with van der Waals surface area (Å²) in [4.78, 5) is 2.47. The van der Waals surface area contributed by atoms with E-state index in [2.05, 4.69) is 36.8 Å². The van der Waals surface area contributed by atoms with Crippen LogP contribution in [0.1, 0.15) is 27.2 Å². The highest BCUT2D eigenvalue weighted by Crippen LogP contribution is 2.22. The van der Waals surface area contributed by atoms with Crippen molar-refractivity contribution in [3.05, 3.63) is 29.4 Å². The van der Waals surface area contributed by atoms with E-state index in [4.69, 9.17) is 11.6 Å². The molecule has 0 aliphatic carbocycles. The Morgan fingerprint density at radius 1 is 1.26 bits per heavy atom. The van der Waals surface area contributed by atoms with Gasteiger partial charge in [0.1, 0.15) is 0 Å². The molecule has 4 heteroatoms. The van der Waals surface area contributed by atoms with Crippen LogP contribution < -0.4 is 0 Å². The normalized spacial score (nSPS) is 13.3. The molecule has 0 aliphatic rings. The third-order valence-corrected chi connectivity index (χ3v) is 4.09. The van der Waals surface area contributed by atoms with Crippen molar-refractivity contribution in [3.8, 4) is 0 Å². The fourth-order valence-corrected chi connectivity index (χ4v) is 2.85. The number of nitrogens with zero attached hydrogens (tertiary/aromatic N) is 3. The number of aromatic nitrogens is 2. The molecule has 1 aromatic carbocycles. The van der Waals surface area contributed by atoms with E-state index < -0.39 is 0 Å². The van der Waals surface area contributed by atoms with Crippen molar-refractivity contribution in [1.82, 2.24) is 14.7 Å². The summed E-state index contributed by atoms with van der Waals surface area (Å²) in [5, 5.41) is 6.08. The summed E-state index contributed by atoms with van der Waals surface area (Å²) in [7, 11) is 0. The summed E-state index contributed by atoms with van der Waals surface area (Å²) in [6.45, 7) is 9.79. The lowest BCUT2D eigenvalue weighted by molar-refractivity contribution is 0.214. The van der Waals surface area contributed by atoms with Gasteiger partial charge in [-0.2, -0.15) is 5.10 Å². The molecule has 0 saturated heterocycles. The molecule has 0 amide bonds. The standard InChI is InChI=1S/C15H22ClN3/c1-4-18(5-2)12(3)10-11-19-14-9-7-6-8-13(14)15(16)17-19/h6-9,12H,4-5,10-11H2,1-3H3. The van der Waals surface area contributed by atoms with Gasteiger partial charge in [0.25, 0.3) is 0 Å². The number of rotatable bonds is 6. The molecule has 0 aliphatic heterocycles. The van der Waals surface area contributed by atoms with Crippen molar-refractivity contribution >= 4 is 22.5 Å². The average Bonchev–Trinajstić information content (AvgIpc) is 2.75. The Kier molecular flexibility index (Phi) is 4.83. The zero-order valence-electron chi connectivity index (χ0n) is 11.9. The third kappa shape index (κ3) is 3.10. The maximum atomic E-state index is 6.17. The molecule has 1 unspecified atom stereocenters. The number of para-hydroxylation sites is 1. The highest BCUT2D eigenvalue weighted by molar-refractivity contribution is 6.34. The zero-order valence-corrected chi connectivity index (χ0v) is 12.7. The Morgan fingerprint density at radius 2 is 1.95 bits per heavy atom. The maximum absolute atomic E-state index is 6.17. The Balaban J connectivity index is 2.10. The molecule has 0 saturated carbocycles. The number of hydrogen-bond acceptors (Lipinski definition) is 2. The summed E-state index contributed by atoms with van der Waals surface area (Å²) in [6.07, 6.45) is 1.09. The number of hydrogen-bond donors (Lipinski definition) is 0. The van der Waals surface area contributed by atoms with Gasteiger partial charge in [0.05, 0.1) is 5.52 Å². The van der Waals surface area contributed by atoms with Crippen LogP contribution in [0.5, 0.6) is 0 Å². The van der Waals surface area contributed by atoms with Crippen LogP contribution in [0.25, 0.3) is 10.9 Å². The van der Waals surface area contributed by atoms with Crippen LogP contribution in [-0.4, -0.2) is 33.8 Å². The molecule has 1 atom stereocenters. The van der Waals surface area contributed by atoms with Crippen LogP contribution in [0.2, 0.25) is 5.15 Å². The first-order chi connectivity index (χ1) is 9.17. The molecule has 0 N–H and O–H groups in total. The Hall–Kier alpha value is -1.06. The molecule has 0 spiro atoms. The van der Waals surface area contributed by atoms with E-state index in [-0.39, 0.29) is 0 Å². The zero-order chi connectivity index (χ0) is 13.8. The summed E-state index contributed by atoms with van der Waals surface area (Å²) >= 11 is 6.17. The molecule has 1 aromatic heterocycles. The van der Waals surface area contributed by atoms with Crippen LogP contribution in [0, 0.1) is 0 Å². The second kappa shape index (κ2) is 6.40. The van der Waals surface area contributed by atoms with Gasteiger partial charge in [-0.15, -0.1) is 0 Å². The molecule has 0 fully saturated rings. The molecule has 0 bridgehead atoms. The van der Waals surface area contributed by atoms with Crippen LogP contribution in [0.15, 0.2) is 24.3 Å². The largest absolute Gasteiger partial charge is 0.301 e. The lowest BCUT2D eigenvalue weighted by atomic mass is 10.2. The lowest BCUT2D eigenvalue weighted by Gasteiger charge is -2.26. The van der Waals surface area contributed by atoms with Gasteiger partial charge in [0, 0.05) is 18.0 Å². The number of fused-ring (bicyclic) bond motifs is 1.